The molecule has 0 bridgehead atoms. The molecule has 0 aliphatic rings. The Morgan fingerprint density at radius 2 is 1.93 bits per heavy atom. The third-order valence-corrected chi connectivity index (χ3v) is 2.87. The Balaban J connectivity index is 3.55. The molecule has 15 heavy (non-hydrogen) atoms. The molecule has 2 atom stereocenters. The molecule has 0 radical (unpaired) electrons. The molecule has 0 saturated heterocycles. The number of hydrogen-bond donors (Lipinski definition) is 2. The summed E-state index contributed by atoms with van der Waals surface area (Å²) in [7, 11) is 0. The van der Waals surface area contributed by atoms with Gasteiger partial charge in [-0.3, -0.25) is 4.79 Å². The molecule has 0 aromatic rings. The molecule has 90 valence electrons. The molecular weight excluding hydrogens is 188 g/mol. The van der Waals surface area contributed by atoms with Crippen LogP contribution < -0.4 is 11.1 Å². The zero-order chi connectivity index (χ0) is 11.7. The van der Waals surface area contributed by atoms with Crippen LogP contribution in [-0.4, -0.2) is 18.5 Å². The smallest absolute Gasteiger partial charge is 0.220 e. The molecule has 0 fully saturated rings. The number of nitrogens with two attached hydrogens (primary N) is 1. The van der Waals surface area contributed by atoms with E-state index >= 15 is 0 Å². The first-order chi connectivity index (χ1) is 7.11. The Kier molecular flexibility index (Phi) is 8.38. The molecule has 2 unspecified atom stereocenters. The van der Waals surface area contributed by atoms with Crippen molar-refractivity contribution >= 4 is 5.91 Å². The summed E-state index contributed by atoms with van der Waals surface area (Å²) in [6, 6.07) is 0.189. The highest BCUT2D eigenvalue weighted by Gasteiger charge is 2.12. The van der Waals surface area contributed by atoms with Gasteiger partial charge in [0, 0.05) is 12.5 Å². The van der Waals surface area contributed by atoms with E-state index in [4.69, 9.17) is 5.73 Å². The molecule has 1 amide bonds. The van der Waals surface area contributed by atoms with Crippen molar-refractivity contribution in [1.82, 2.24) is 5.32 Å². The van der Waals surface area contributed by atoms with E-state index in [0.29, 0.717) is 18.9 Å². The second kappa shape index (κ2) is 8.72. The highest BCUT2D eigenvalue weighted by molar-refractivity contribution is 5.76. The molecule has 0 spiro atoms. The molecule has 3 heteroatoms. The van der Waals surface area contributed by atoms with E-state index < -0.39 is 0 Å². The van der Waals surface area contributed by atoms with Crippen LogP contribution in [0.2, 0.25) is 0 Å². The van der Waals surface area contributed by atoms with Crippen LogP contribution in [0, 0.1) is 5.92 Å². The SMILES string of the molecule is CCCCCCC(=O)NC(C)C(C)CN. The predicted molar refractivity (Wildman–Crippen MR) is 64.6 cm³/mol. The highest BCUT2D eigenvalue weighted by atomic mass is 16.1. The summed E-state index contributed by atoms with van der Waals surface area (Å²) in [5.41, 5.74) is 5.54. The molecule has 0 aromatic carbocycles. The van der Waals surface area contributed by atoms with Crippen LogP contribution in [0.3, 0.4) is 0 Å². The normalized spacial score (nSPS) is 14.7. The topological polar surface area (TPSA) is 55.1 Å². The first-order valence-electron chi connectivity index (χ1n) is 6.11. The number of carbonyl (C=O) groups is 1. The van der Waals surface area contributed by atoms with Crippen molar-refractivity contribution in [3.8, 4) is 0 Å². The first-order valence-corrected chi connectivity index (χ1v) is 6.11. The number of nitrogens with one attached hydrogen (secondary N) is 1. The van der Waals surface area contributed by atoms with Crippen LogP contribution in [0.4, 0.5) is 0 Å². The Hall–Kier alpha value is -0.570. The van der Waals surface area contributed by atoms with E-state index in [0.717, 1.165) is 12.8 Å². The minimum absolute atomic E-state index is 0.166. The predicted octanol–water partition coefficient (Wildman–Crippen LogP) is 2.06. The largest absolute Gasteiger partial charge is 0.353 e. The molecule has 3 N–H and O–H groups in total. The lowest BCUT2D eigenvalue weighted by atomic mass is 10.0. The van der Waals surface area contributed by atoms with Gasteiger partial charge >= 0.3 is 0 Å². The molecule has 0 aromatic heterocycles. The lowest BCUT2D eigenvalue weighted by molar-refractivity contribution is -0.122. The maximum absolute atomic E-state index is 11.5. The van der Waals surface area contributed by atoms with Gasteiger partial charge in [-0.15, -0.1) is 0 Å². The fourth-order valence-corrected chi connectivity index (χ4v) is 1.38. The summed E-state index contributed by atoms with van der Waals surface area (Å²) in [4.78, 5) is 11.5. The second-order valence-corrected chi connectivity index (χ2v) is 4.38. The van der Waals surface area contributed by atoms with Crippen LogP contribution in [-0.2, 0) is 4.79 Å². The first kappa shape index (κ1) is 14.4. The lowest BCUT2D eigenvalue weighted by Crippen LogP contribution is -2.39. The van der Waals surface area contributed by atoms with Crippen LogP contribution in [0.5, 0.6) is 0 Å². The molecule has 0 aliphatic carbocycles. The quantitative estimate of drug-likeness (QED) is 0.608. The van der Waals surface area contributed by atoms with Gasteiger partial charge in [-0.2, -0.15) is 0 Å². The minimum atomic E-state index is 0.166. The summed E-state index contributed by atoms with van der Waals surface area (Å²) in [5, 5.41) is 2.99. The number of rotatable bonds is 8. The number of unbranched alkanes of at least 4 members (excludes halogenated alkanes) is 3. The fraction of sp³-hybridized carbons (Fsp3) is 0.917. The van der Waals surface area contributed by atoms with Gasteiger partial charge < -0.3 is 11.1 Å². The second-order valence-electron chi connectivity index (χ2n) is 4.38. The maximum Gasteiger partial charge on any atom is 0.220 e. The van der Waals surface area contributed by atoms with Gasteiger partial charge in [0.25, 0.3) is 0 Å². The molecule has 0 rings (SSSR count). The van der Waals surface area contributed by atoms with Gasteiger partial charge in [-0.1, -0.05) is 33.1 Å². The summed E-state index contributed by atoms with van der Waals surface area (Å²) in [6.07, 6.45) is 5.25. The third kappa shape index (κ3) is 7.37. The fourth-order valence-electron chi connectivity index (χ4n) is 1.38. The van der Waals surface area contributed by atoms with Crippen molar-refractivity contribution in [3.63, 3.8) is 0 Å². The molecule has 3 nitrogen and oxygen atoms in total. The number of amides is 1. The lowest BCUT2D eigenvalue weighted by Gasteiger charge is -2.19. The third-order valence-electron chi connectivity index (χ3n) is 2.87. The van der Waals surface area contributed by atoms with Crippen LogP contribution in [0.1, 0.15) is 52.9 Å². The van der Waals surface area contributed by atoms with E-state index in [-0.39, 0.29) is 11.9 Å². The monoisotopic (exact) mass is 214 g/mol. The summed E-state index contributed by atoms with van der Waals surface area (Å²) < 4.78 is 0. The number of carbonyl (C=O) groups excluding carboxylic acids is 1. The van der Waals surface area contributed by atoms with Crippen LogP contribution in [0.15, 0.2) is 0 Å². The molecule has 0 heterocycles. The van der Waals surface area contributed by atoms with E-state index in [1.54, 1.807) is 0 Å². The Morgan fingerprint density at radius 1 is 1.27 bits per heavy atom. The zero-order valence-corrected chi connectivity index (χ0v) is 10.4. The van der Waals surface area contributed by atoms with E-state index in [2.05, 4.69) is 19.2 Å². The van der Waals surface area contributed by atoms with Gasteiger partial charge in [0.2, 0.25) is 5.91 Å². The van der Waals surface area contributed by atoms with Gasteiger partial charge in [-0.25, -0.2) is 0 Å². The van der Waals surface area contributed by atoms with Crippen LogP contribution in [0.25, 0.3) is 0 Å². The average Bonchev–Trinajstić information content (AvgIpc) is 2.23. The Labute approximate surface area is 93.8 Å². The maximum atomic E-state index is 11.5. The van der Waals surface area contributed by atoms with Crippen molar-refractivity contribution in [3.05, 3.63) is 0 Å². The highest BCUT2D eigenvalue weighted by Crippen LogP contribution is 2.04. The summed E-state index contributed by atoms with van der Waals surface area (Å²) >= 11 is 0. The Bertz CT molecular complexity index is 171. The summed E-state index contributed by atoms with van der Waals surface area (Å²) in [5.74, 6) is 0.517. The van der Waals surface area contributed by atoms with Crippen molar-refractivity contribution in [2.75, 3.05) is 6.54 Å². The standard InChI is InChI=1S/C12H26N2O/c1-4-5-6-7-8-12(15)14-11(3)10(2)9-13/h10-11H,4-9,13H2,1-3H3,(H,14,15). The molecule has 0 saturated carbocycles. The van der Waals surface area contributed by atoms with Gasteiger partial charge in [0.05, 0.1) is 0 Å². The van der Waals surface area contributed by atoms with E-state index in [1.165, 1.54) is 12.8 Å². The zero-order valence-electron chi connectivity index (χ0n) is 10.4. The molecular formula is C12H26N2O. The number of hydrogen-bond acceptors (Lipinski definition) is 2. The molecule has 0 aliphatic heterocycles. The van der Waals surface area contributed by atoms with Gasteiger partial charge in [-0.05, 0) is 25.8 Å². The van der Waals surface area contributed by atoms with Crippen molar-refractivity contribution < 1.29 is 4.79 Å². The van der Waals surface area contributed by atoms with E-state index in [1.807, 2.05) is 6.92 Å². The van der Waals surface area contributed by atoms with Gasteiger partial charge in [0.15, 0.2) is 0 Å². The Morgan fingerprint density at radius 3 is 2.47 bits per heavy atom. The summed E-state index contributed by atoms with van der Waals surface area (Å²) in [6.45, 7) is 6.87. The average molecular weight is 214 g/mol. The van der Waals surface area contributed by atoms with Gasteiger partial charge in [0.1, 0.15) is 0 Å². The minimum Gasteiger partial charge on any atom is -0.353 e. The van der Waals surface area contributed by atoms with Crippen molar-refractivity contribution in [2.24, 2.45) is 11.7 Å². The van der Waals surface area contributed by atoms with Crippen molar-refractivity contribution in [2.45, 2.75) is 58.9 Å². The van der Waals surface area contributed by atoms with E-state index in [9.17, 15) is 4.79 Å². The van der Waals surface area contributed by atoms with Crippen LogP contribution >= 0.6 is 0 Å². The van der Waals surface area contributed by atoms with Crippen molar-refractivity contribution in [1.29, 1.82) is 0 Å².